The lowest BCUT2D eigenvalue weighted by Crippen LogP contribution is -2.33. The molecule has 0 aliphatic carbocycles. The van der Waals surface area contributed by atoms with Crippen LogP contribution in [0.5, 0.6) is 11.5 Å². The van der Waals surface area contributed by atoms with Crippen molar-refractivity contribution in [3.63, 3.8) is 0 Å². The zero-order chi connectivity index (χ0) is 16.3. The summed E-state index contributed by atoms with van der Waals surface area (Å²) in [5.74, 6) is -0.105. The van der Waals surface area contributed by atoms with Gasteiger partial charge in [0.15, 0.2) is 11.5 Å². The minimum absolute atomic E-state index is 0.0000982. The van der Waals surface area contributed by atoms with Gasteiger partial charge in [-0.05, 0) is 37.6 Å². The number of dihydropyridines is 1. The van der Waals surface area contributed by atoms with Crippen molar-refractivity contribution in [2.75, 3.05) is 13.7 Å². The van der Waals surface area contributed by atoms with Crippen molar-refractivity contribution in [2.24, 2.45) is 10.9 Å². The zero-order valence-electron chi connectivity index (χ0n) is 12.6. The Morgan fingerprint density at radius 1 is 1.32 bits per heavy atom. The third-order valence-electron chi connectivity index (χ3n) is 3.77. The van der Waals surface area contributed by atoms with Gasteiger partial charge in [-0.15, -0.1) is 0 Å². The maximum absolute atomic E-state index is 10.2. The third-order valence-corrected chi connectivity index (χ3v) is 3.77. The van der Waals surface area contributed by atoms with Gasteiger partial charge >= 0.3 is 0 Å². The van der Waals surface area contributed by atoms with E-state index in [-0.39, 0.29) is 35.8 Å². The van der Waals surface area contributed by atoms with Crippen molar-refractivity contribution in [3.05, 3.63) is 35.6 Å². The van der Waals surface area contributed by atoms with Gasteiger partial charge in [-0.3, -0.25) is 4.99 Å². The predicted molar refractivity (Wildman–Crippen MR) is 82.6 cm³/mol. The minimum Gasteiger partial charge on any atom is -0.506 e. The monoisotopic (exact) mass is 307 g/mol. The van der Waals surface area contributed by atoms with Gasteiger partial charge in [-0.1, -0.05) is 0 Å². The van der Waals surface area contributed by atoms with E-state index in [1.807, 2.05) is 0 Å². The molecule has 120 valence electrons. The van der Waals surface area contributed by atoms with Crippen LogP contribution in [0.25, 0.3) is 0 Å². The van der Waals surface area contributed by atoms with Gasteiger partial charge in [0, 0.05) is 18.1 Å². The highest BCUT2D eigenvalue weighted by Gasteiger charge is 2.30. The Labute approximate surface area is 129 Å². The molecule has 1 aliphatic rings. The van der Waals surface area contributed by atoms with E-state index >= 15 is 0 Å². The summed E-state index contributed by atoms with van der Waals surface area (Å²) in [5, 5.41) is 38.8. The van der Waals surface area contributed by atoms with Crippen molar-refractivity contribution in [1.29, 1.82) is 0 Å². The Hall–Kier alpha value is -2.05. The molecule has 3 unspecified atom stereocenters. The van der Waals surface area contributed by atoms with Gasteiger partial charge < -0.3 is 25.2 Å². The quantitative estimate of drug-likeness (QED) is 0.658. The van der Waals surface area contributed by atoms with E-state index in [0.717, 1.165) is 0 Å². The molecule has 0 spiro atoms. The number of phenols is 1. The zero-order valence-corrected chi connectivity index (χ0v) is 12.6. The fourth-order valence-electron chi connectivity index (χ4n) is 2.59. The van der Waals surface area contributed by atoms with Crippen LogP contribution in [-0.4, -0.2) is 52.0 Å². The molecule has 4 N–H and O–H groups in total. The molecule has 6 heteroatoms. The molecule has 1 aliphatic heterocycles. The molecule has 1 aromatic carbocycles. The van der Waals surface area contributed by atoms with Gasteiger partial charge in [0.05, 0.1) is 19.3 Å². The number of allylic oxidation sites excluding steroid dienone is 1. The van der Waals surface area contributed by atoms with Crippen molar-refractivity contribution in [1.82, 2.24) is 0 Å². The van der Waals surface area contributed by atoms with Gasteiger partial charge in [-0.2, -0.15) is 0 Å². The highest BCUT2D eigenvalue weighted by molar-refractivity contribution is 6.12. The van der Waals surface area contributed by atoms with Crippen LogP contribution < -0.4 is 4.74 Å². The van der Waals surface area contributed by atoms with E-state index in [4.69, 9.17) is 4.74 Å². The number of methoxy groups -OCH3 is 1. The van der Waals surface area contributed by atoms with Crippen molar-refractivity contribution in [2.45, 2.75) is 25.5 Å². The molecular weight excluding hydrogens is 286 g/mol. The number of ether oxygens (including phenoxy) is 1. The van der Waals surface area contributed by atoms with E-state index in [0.29, 0.717) is 17.7 Å². The molecule has 0 saturated carbocycles. The van der Waals surface area contributed by atoms with Crippen LogP contribution in [0.15, 0.2) is 35.0 Å². The van der Waals surface area contributed by atoms with Crippen molar-refractivity contribution in [3.8, 4) is 11.5 Å². The number of phenolic OH excluding ortho intramolecular Hbond substituents is 1. The number of benzene rings is 1. The van der Waals surface area contributed by atoms with E-state index in [2.05, 4.69) is 4.99 Å². The summed E-state index contributed by atoms with van der Waals surface area (Å²) in [6, 6.07) is 4.35. The average molecular weight is 307 g/mol. The number of nitrogens with zero attached hydrogens (tertiary/aromatic N) is 1. The maximum atomic E-state index is 10.2. The molecule has 2 rings (SSSR count). The number of aliphatic hydroxyl groups is 3. The minimum atomic E-state index is -0.682. The molecule has 0 aromatic heterocycles. The SMILES string of the molecule is COc1cc(C2=NC(CCO)C(C(C)O)C=C2O)ccc1O. The van der Waals surface area contributed by atoms with Crippen molar-refractivity contribution < 1.29 is 25.2 Å². The average Bonchev–Trinajstić information content (AvgIpc) is 2.49. The Bertz CT molecular complexity index is 594. The smallest absolute Gasteiger partial charge is 0.161 e. The maximum Gasteiger partial charge on any atom is 0.161 e. The number of aliphatic imine (C=N–C) groups is 1. The second-order valence-corrected chi connectivity index (χ2v) is 5.31. The molecule has 6 nitrogen and oxygen atoms in total. The van der Waals surface area contributed by atoms with Gasteiger partial charge in [0.1, 0.15) is 11.5 Å². The summed E-state index contributed by atoms with van der Waals surface area (Å²) in [7, 11) is 1.44. The molecule has 0 radical (unpaired) electrons. The van der Waals surface area contributed by atoms with Crippen LogP contribution in [0, 0.1) is 5.92 Å². The van der Waals surface area contributed by atoms with Gasteiger partial charge in [0.25, 0.3) is 0 Å². The summed E-state index contributed by atoms with van der Waals surface area (Å²) >= 11 is 0. The summed E-state index contributed by atoms with van der Waals surface area (Å²) in [5.41, 5.74) is 0.948. The van der Waals surface area contributed by atoms with Crippen LogP contribution in [0.2, 0.25) is 0 Å². The molecule has 1 aromatic rings. The van der Waals surface area contributed by atoms with Gasteiger partial charge in [-0.25, -0.2) is 0 Å². The number of rotatable bonds is 5. The fourth-order valence-corrected chi connectivity index (χ4v) is 2.59. The molecule has 0 fully saturated rings. The first-order valence-corrected chi connectivity index (χ1v) is 7.13. The lowest BCUT2D eigenvalue weighted by molar-refractivity contribution is 0.124. The topological polar surface area (TPSA) is 103 Å². The molecular formula is C16H21NO5. The third kappa shape index (κ3) is 3.23. The number of hydrogen-bond acceptors (Lipinski definition) is 6. The molecule has 1 heterocycles. The predicted octanol–water partition coefficient (Wildman–Crippen LogP) is 1.39. The fraction of sp³-hybridized carbons (Fsp3) is 0.438. The lowest BCUT2D eigenvalue weighted by Gasteiger charge is -2.28. The van der Waals surface area contributed by atoms with Crippen LogP contribution >= 0.6 is 0 Å². The molecule has 0 amide bonds. The Morgan fingerprint density at radius 2 is 2.05 bits per heavy atom. The second kappa shape index (κ2) is 6.81. The Morgan fingerprint density at radius 3 is 2.64 bits per heavy atom. The summed E-state index contributed by atoms with van der Waals surface area (Å²) in [6.07, 6.45) is 1.27. The highest BCUT2D eigenvalue weighted by Crippen LogP contribution is 2.30. The van der Waals surface area contributed by atoms with E-state index in [1.54, 1.807) is 25.1 Å². The number of aromatic hydroxyl groups is 1. The van der Waals surface area contributed by atoms with E-state index < -0.39 is 6.10 Å². The first-order chi connectivity index (χ1) is 10.5. The van der Waals surface area contributed by atoms with Crippen molar-refractivity contribution >= 4 is 5.71 Å². The lowest BCUT2D eigenvalue weighted by atomic mass is 9.88. The Balaban J connectivity index is 2.41. The van der Waals surface area contributed by atoms with Crippen LogP contribution in [0.4, 0.5) is 0 Å². The number of hydrogen-bond donors (Lipinski definition) is 4. The Kier molecular flexibility index (Phi) is 5.05. The van der Waals surface area contributed by atoms with Crippen LogP contribution in [0.3, 0.4) is 0 Å². The van der Waals surface area contributed by atoms with Gasteiger partial charge in [0.2, 0.25) is 0 Å². The first-order valence-electron chi connectivity index (χ1n) is 7.13. The molecule has 22 heavy (non-hydrogen) atoms. The van der Waals surface area contributed by atoms with Crippen LogP contribution in [0.1, 0.15) is 18.9 Å². The summed E-state index contributed by atoms with van der Waals surface area (Å²) in [4.78, 5) is 4.47. The first kappa shape index (κ1) is 16.3. The largest absolute Gasteiger partial charge is 0.506 e. The second-order valence-electron chi connectivity index (χ2n) is 5.31. The number of aliphatic hydroxyl groups excluding tert-OH is 3. The normalized spacial score (nSPS) is 22.7. The highest BCUT2D eigenvalue weighted by atomic mass is 16.5. The summed E-state index contributed by atoms with van der Waals surface area (Å²) in [6.45, 7) is 1.57. The molecule has 0 saturated heterocycles. The van der Waals surface area contributed by atoms with Crippen LogP contribution in [-0.2, 0) is 0 Å². The standard InChI is InChI=1S/C16H21NO5/c1-9(19)11-8-14(21)16(17-12(11)5-6-18)10-3-4-13(20)15(7-10)22-2/h3-4,7-9,11-12,18-21H,5-6H2,1-2H3. The van der Waals surface area contributed by atoms with E-state index in [9.17, 15) is 20.4 Å². The molecule has 3 atom stereocenters. The summed E-state index contributed by atoms with van der Waals surface area (Å²) < 4.78 is 5.06. The van der Waals surface area contributed by atoms with E-state index in [1.165, 1.54) is 13.2 Å². The molecule has 0 bridgehead atoms.